The molecule has 0 spiro atoms. The molecule has 9 heteroatoms. The van der Waals surface area contributed by atoms with E-state index in [0.29, 0.717) is 0 Å². The lowest BCUT2D eigenvalue weighted by Crippen LogP contribution is -2.46. The van der Waals surface area contributed by atoms with E-state index in [2.05, 4.69) is 10.4 Å². The molecular weight excluding hydrogens is 280 g/mol. The van der Waals surface area contributed by atoms with Crippen molar-refractivity contribution < 1.29 is 19.6 Å². The Morgan fingerprint density at radius 3 is 2.57 bits per heavy atom. The summed E-state index contributed by atoms with van der Waals surface area (Å²) in [5.41, 5.74) is -0.426. The number of nitrogens with one attached hydrogen (secondary N) is 1. The smallest absolute Gasteiger partial charge is 0.389 e. The third-order valence-electron chi connectivity index (χ3n) is 2.88. The molecule has 0 radical (unpaired) electrons. The van der Waals surface area contributed by atoms with Gasteiger partial charge in [-0.3, -0.25) is 9.59 Å². The summed E-state index contributed by atoms with van der Waals surface area (Å²) in [6.45, 7) is 5.25. The zero-order valence-electron chi connectivity index (χ0n) is 12.1. The Labute approximate surface area is 121 Å². The first kappa shape index (κ1) is 16.6. The van der Waals surface area contributed by atoms with Gasteiger partial charge in [0.2, 0.25) is 5.91 Å². The minimum Gasteiger partial charge on any atom is -0.481 e. The average molecular weight is 298 g/mol. The molecule has 1 amide bonds. The van der Waals surface area contributed by atoms with Crippen LogP contribution in [-0.2, 0) is 16.1 Å². The second-order valence-electron chi connectivity index (χ2n) is 5.71. The molecule has 1 aromatic heterocycles. The third kappa shape index (κ3) is 5.21. The molecule has 0 aliphatic rings. The van der Waals surface area contributed by atoms with E-state index in [9.17, 15) is 19.7 Å². The van der Waals surface area contributed by atoms with Crippen molar-refractivity contribution in [1.82, 2.24) is 15.1 Å². The molecule has 0 aliphatic carbocycles. The summed E-state index contributed by atoms with van der Waals surface area (Å²) in [6, 6.07) is 0.638. The van der Waals surface area contributed by atoms with Crippen molar-refractivity contribution >= 4 is 17.7 Å². The van der Waals surface area contributed by atoms with E-state index in [1.807, 2.05) is 20.8 Å². The minimum atomic E-state index is -1.01. The summed E-state index contributed by atoms with van der Waals surface area (Å²) in [4.78, 5) is 32.6. The lowest BCUT2D eigenvalue weighted by atomic mass is 9.84. The normalized spacial score (nSPS) is 12.7. The number of carboxylic acids is 1. The van der Waals surface area contributed by atoms with E-state index >= 15 is 0 Å². The molecule has 1 unspecified atom stereocenters. The Bertz CT molecular complexity index is 546. The van der Waals surface area contributed by atoms with Crippen LogP contribution < -0.4 is 5.32 Å². The number of carbonyl (C=O) groups excluding carboxylic acids is 1. The van der Waals surface area contributed by atoms with E-state index < -0.39 is 28.3 Å². The molecule has 1 atom stereocenters. The van der Waals surface area contributed by atoms with E-state index in [1.165, 1.54) is 12.3 Å². The van der Waals surface area contributed by atoms with Gasteiger partial charge in [0.1, 0.15) is 6.54 Å². The van der Waals surface area contributed by atoms with Gasteiger partial charge in [-0.2, -0.15) is 4.68 Å². The highest BCUT2D eigenvalue weighted by Crippen LogP contribution is 2.21. The Kier molecular flexibility index (Phi) is 5.01. The van der Waals surface area contributed by atoms with Gasteiger partial charge in [0.15, 0.2) is 0 Å². The predicted octanol–water partition coefficient (Wildman–Crippen LogP) is 0.797. The van der Waals surface area contributed by atoms with Crippen molar-refractivity contribution in [3.63, 3.8) is 0 Å². The lowest BCUT2D eigenvalue weighted by Gasteiger charge is -2.30. The third-order valence-corrected chi connectivity index (χ3v) is 2.88. The van der Waals surface area contributed by atoms with Gasteiger partial charge in [-0.05, 0) is 10.3 Å². The average Bonchev–Trinajstić information content (AvgIpc) is 2.74. The Morgan fingerprint density at radius 2 is 2.14 bits per heavy atom. The van der Waals surface area contributed by atoms with Gasteiger partial charge in [-0.1, -0.05) is 20.8 Å². The summed E-state index contributed by atoms with van der Waals surface area (Å²) < 4.78 is 1.13. The van der Waals surface area contributed by atoms with Crippen molar-refractivity contribution in [3.05, 3.63) is 22.4 Å². The number of hydrogen-bond acceptors (Lipinski definition) is 5. The van der Waals surface area contributed by atoms with Crippen LogP contribution >= 0.6 is 0 Å². The number of aliphatic carboxylic acids is 1. The maximum atomic E-state index is 11.9. The zero-order valence-corrected chi connectivity index (χ0v) is 12.1. The minimum absolute atomic E-state index is 0.200. The van der Waals surface area contributed by atoms with Crippen molar-refractivity contribution in [2.24, 2.45) is 5.41 Å². The second-order valence-corrected chi connectivity index (χ2v) is 5.71. The Balaban J connectivity index is 2.69. The van der Waals surface area contributed by atoms with Crippen LogP contribution in [0.5, 0.6) is 0 Å². The number of hydrogen-bond donors (Lipinski definition) is 2. The zero-order chi connectivity index (χ0) is 16.2. The van der Waals surface area contributed by atoms with Crippen LogP contribution in [0.15, 0.2) is 12.3 Å². The van der Waals surface area contributed by atoms with Gasteiger partial charge in [0.05, 0.1) is 23.8 Å². The van der Waals surface area contributed by atoms with Crippen LogP contribution in [0.4, 0.5) is 5.82 Å². The number of carbonyl (C=O) groups is 2. The highest BCUT2D eigenvalue weighted by Gasteiger charge is 2.28. The maximum Gasteiger partial charge on any atom is 0.389 e. The first-order valence-electron chi connectivity index (χ1n) is 6.28. The van der Waals surface area contributed by atoms with Gasteiger partial charge >= 0.3 is 11.8 Å². The predicted molar refractivity (Wildman–Crippen MR) is 72.5 cm³/mol. The standard InChI is InChI=1S/C12H18N4O5/c1-12(2,3)8(6-11(18)19)13-10(17)7-15-5-4-9(14-15)16(20)21/h4-5,8H,6-7H2,1-3H3,(H,13,17)(H,18,19). The molecule has 21 heavy (non-hydrogen) atoms. The van der Waals surface area contributed by atoms with Crippen LogP contribution in [0.1, 0.15) is 27.2 Å². The molecular formula is C12H18N4O5. The van der Waals surface area contributed by atoms with Crippen molar-refractivity contribution in [2.75, 3.05) is 0 Å². The molecule has 0 aliphatic heterocycles. The number of nitro groups is 1. The highest BCUT2D eigenvalue weighted by molar-refractivity contribution is 5.77. The number of aromatic nitrogens is 2. The topological polar surface area (TPSA) is 127 Å². The molecule has 0 saturated carbocycles. The first-order valence-corrected chi connectivity index (χ1v) is 6.28. The maximum absolute atomic E-state index is 11.9. The largest absolute Gasteiger partial charge is 0.481 e. The van der Waals surface area contributed by atoms with Crippen LogP contribution in [-0.4, -0.2) is 37.7 Å². The summed E-state index contributed by atoms with van der Waals surface area (Å²) in [5.74, 6) is -1.81. The fourth-order valence-corrected chi connectivity index (χ4v) is 1.67. The molecule has 2 N–H and O–H groups in total. The molecule has 0 saturated heterocycles. The molecule has 1 aromatic rings. The van der Waals surface area contributed by atoms with Crippen LogP contribution in [0.25, 0.3) is 0 Å². The fraction of sp³-hybridized carbons (Fsp3) is 0.583. The fourth-order valence-electron chi connectivity index (χ4n) is 1.67. The van der Waals surface area contributed by atoms with Gasteiger partial charge < -0.3 is 20.5 Å². The summed E-state index contributed by atoms with van der Waals surface area (Å²) >= 11 is 0. The number of carboxylic acid groups (broad SMARTS) is 1. The molecule has 0 bridgehead atoms. The molecule has 0 fully saturated rings. The first-order chi connectivity index (χ1) is 9.59. The second kappa shape index (κ2) is 6.33. The van der Waals surface area contributed by atoms with Gasteiger partial charge in [-0.25, -0.2) is 0 Å². The van der Waals surface area contributed by atoms with Crippen molar-refractivity contribution in [3.8, 4) is 0 Å². The molecule has 9 nitrogen and oxygen atoms in total. The number of rotatable bonds is 6. The lowest BCUT2D eigenvalue weighted by molar-refractivity contribution is -0.389. The molecule has 1 heterocycles. The van der Waals surface area contributed by atoms with Crippen molar-refractivity contribution in [1.29, 1.82) is 0 Å². The SMILES string of the molecule is CC(C)(C)C(CC(=O)O)NC(=O)Cn1ccc([N+](=O)[O-])n1. The van der Waals surface area contributed by atoms with Crippen molar-refractivity contribution in [2.45, 2.75) is 39.8 Å². The monoisotopic (exact) mass is 298 g/mol. The number of amides is 1. The van der Waals surface area contributed by atoms with Gasteiger partial charge in [0.25, 0.3) is 0 Å². The van der Waals surface area contributed by atoms with Gasteiger partial charge in [0, 0.05) is 6.04 Å². The van der Waals surface area contributed by atoms with Crippen LogP contribution in [0.3, 0.4) is 0 Å². The van der Waals surface area contributed by atoms with Crippen LogP contribution in [0, 0.1) is 15.5 Å². The Hall–Kier alpha value is -2.45. The van der Waals surface area contributed by atoms with E-state index in [0.717, 1.165) is 4.68 Å². The molecule has 116 valence electrons. The van der Waals surface area contributed by atoms with Crippen LogP contribution in [0.2, 0.25) is 0 Å². The molecule has 1 rings (SSSR count). The molecule has 0 aromatic carbocycles. The summed E-state index contributed by atoms with van der Waals surface area (Å²) in [5, 5.41) is 25.6. The summed E-state index contributed by atoms with van der Waals surface area (Å²) in [7, 11) is 0. The quantitative estimate of drug-likeness (QED) is 0.590. The Morgan fingerprint density at radius 1 is 1.52 bits per heavy atom. The number of nitrogens with zero attached hydrogens (tertiary/aromatic N) is 3. The summed E-state index contributed by atoms with van der Waals surface area (Å²) in [6.07, 6.45) is 1.12. The highest BCUT2D eigenvalue weighted by atomic mass is 16.6. The van der Waals surface area contributed by atoms with E-state index in [1.54, 1.807) is 0 Å². The van der Waals surface area contributed by atoms with E-state index in [-0.39, 0.29) is 18.8 Å². The van der Waals surface area contributed by atoms with Gasteiger partial charge in [-0.15, -0.1) is 0 Å². The van der Waals surface area contributed by atoms with E-state index in [4.69, 9.17) is 5.11 Å².